The lowest BCUT2D eigenvalue weighted by Gasteiger charge is -2.16. The van der Waals surface area contributed by atoms with Gasteiger partial charge in [0.15, 0.2) is 6.10 Å². The first-order chi connectivity index (χ1) is 13.9. The molecule has 2 N–H and O–H groups in total. The first-order valence-electron chi connectivity index (χ1n) is 9.43. The Morgan fingerprint density at radius 2 is 1.48 bits per heavy atom. The van der Waals surface area contributed by atoms with Crippen LogP contribution in [0.2, 0.25) is 0 Å². The number of carbonyl (C=O) groups excluding carboxylic acids is 2. The minimum atomic E-state index is -0.642. The first kappa shape index (κ1) is 20.1. The zero-order valence-corrected chi connectivity index (χ0v) is 16.7. The number of aryl methyl sites for hydroxylation is 2. The van der Waals surface area contributed by atoms with Gasteiger partial charge in [0, 0.05) is 16.9 Å². The van der Waals surface area contributed by atoms with E-state index in [1.807, 2.05) is 56.3 Å². The number of benzene rings is 3. The summed E-state index contributed by atoms with van der Waals surface area (Å²) >= 11 is 0. The molecular formula is C24H24N2O3. The number of hydrogen-bond acceptors (Lipinski definition) is 3. The summed E-state index contributed by atoms with van der Waals surface area (Å²) in [6, 6.07) is 21.9. The van der Waals surface area contributed by atoms with E-state index in [0.29, 0.717) is 22.7 Å². The van der Waals surface area contributed by atoms with Crippen LogP contribution >= 0.6 is 0 Å². The lowest BCUT2D eigenvalue weighted by atomic mass is 10.1. The Balaban J connectivity index is 1.57. The van der Waals surface area contributed by atoms with Crippen molar-refractivity contribution in [2.75, 3.05) is 10.6 Å². The van der Waals surface area contributed by atoms with Crippen molar-refractivity contribution in [3.8, 4) is 5.75 Å². The molecule has 1 atom stereocenters. The van der Waals surface area contributed by atoms with Gasteiger partial charge in [-0.3, -0.25) is 9.59 Å². The lowest BCUT2D eigenvalue weighted by Crippen LogP contribution is -2.30. The van der Waals surface area contributed by atoms with E-state index in [9.17, 15) is 9.59 Å². The Morgan fingerprint density at radius 1 is 0.828 bits per heavy atom. The Bertz CT molecular complexity index is 1010. The topological polar surface area (TPSA) is 67.4 Å². The fourth-order valence-electron chi connectivity index (χ4n) is 2.80. The number of carbonyl (C=O) groups is 2. The Morgan fingerprint density at radius 3 is 2.14 bits per heavy atom. The normalized spacial score (nSPS) is 11.4. The smallest absolute Gasteiger partial charge is 0.265 e. The van der Waals surface area contributed by atoms with Crippen LogP contribution in [0.25, 0.3) is 0 Å². The molecule has 0 aliphatic carbocycles. The molecule has 148 valence electrons. The molecule has 2 amide bonds. The third-order valence-electron chi connectivity index (χ3n) is 4.46. The minimum absolute atomic E-state index is 0.175. The molecule has 0 aliphatic heterocycles. The van der Waals surface area contributed by atoms with Crippen LogP contribution < -0.4 is 15.4 Å². The van der Waals surface area contributed by atoms with Crippen LogP contribution in [0.5, 0.6) is 5.75 Å². The summed E-state index contributed by atoms with van der Waals surface area (Å²) in [5, 5.41) is 5.68. The lowest BCUT2D eigenvalue weighted by molar-refractivity contribution is -0.122. The first-order valence-corrected chi connectivity index (χ1v) is 9.43. The summed E-state index contributed by atoms with van der Waals surface area (Å²) in [7, 11) is 0. The van der Waals surface area contributed by atoms with Gasteiger partial charge < -0.3 is 15.4 Å². The highest BCUT2D eigenvalue weighted by Crippen LogP contribution is 2.19. The highest BCUT2D eigenvalue weighted by molar-refractivity contribution is 6.04. The number of nitrogens with one attached hydrogen (secondary N) is 2. The van der Waals surface area contributed by atoms with E-state index in [0.717, 1.165) is 11.1 Å². The second kappa shape index (κ2) is 9.06. The Labute approximate surface area is 170 Å². The predicted octanol–water partition coefficient (Wildman–Crippen LogP) is 4.96. The van der Waals surface area contributed by atoms with Crippen LogP contribution in [0.1, 0.15) is 28.4 Å². The van der Waals surface area contributed by atoms with Crippen LogP contribution in [0, 0.1) is 13.8 Å². The molecule has 1 unspecified atom stereocenters. The maximum Gasteiger partial charge on any atom is 0.265 e. The van der Waals surface area contributed by atoms with Crippen molar-refractivity contribution in [2.24, 2.45) is 0 Å². The molecule has 0 heterocycles. The molecule has 0 saturated carbocycles. The predicted molar refractivity (Wildman–Crippen MR) is 115 cm³/mol. The number of para-hydroxylation sites is 1. The van der Waals surface area contributed by atoms with Gasteiger partial charge in [-0.15, -0.1) is 0 Å². The quantitative estimate of drug-likeness (QED) is 0.627. The minimum Gasteiger partial charge on any atom is -0.481 e. The van der Waals surface area contributed by atoms with Crippen molar-refractivity contribution in [2.45, 2.75) is 26.9 Å². The summed E-state index contributed by atoms with van der Waals surface area (Å²) in [6.07, 6.45) is -0.642. The van der Waals surface area contributed by atoms with Crippen LogP contribution in [-0.2, 0) is 4.79 Å². The van der Waals surface area contributed by atoms with E-state index in [1.54, 1.807) is 37.3 Å². The van der Waals surface area contributed by atoms with Crippen molar-refractivity contribution in [1.82, 2.24) is 0 Å². The zero-order valence-electron chi connectivity index (χ0n) is 16.7. The summed E-state index contributed by atoms with van der Waals surface area (Å²) in [4.78, 5) is 24.7. The average molecular weight is 388 g/mol. The molecule has 5 heteroatoms. The van der Waals surface area contributed by atoms with Crippen molar-refractivity contribution < 1.29 is 14.3 Å². The molecule has 3 aromatic rings. The summed E-state index contributed by atoms with van der Waals surface area (Å²) in [5.74, 6) is 0.264. The maximum absolute atomic E-state index is 12.4. The Kier molecular flexibility index (Phi) is 6.29. The van der Waals surface area contributed by atoms with Gasteiger partial charge in [-0.2, -0.15) is 0 Å². The molecule has 0 saturated heterocycles. The summed E-state index contributed by atoms with van der Waals surface area (Å²) in [5.41, 5.74) is 3.88. The molecule has 3 aromatic carbocycles. The molecule has 5 nitrogen and oxygen atoms in total. The number of hydrogen-bond donors (Lipinski definition) is 2. The van der Waals surface area contributed by atoms with Gasteiger partial charge in [0.25, 0.3) is 11.8 Å². The van der Waals surface area contributed by atoms with Crippen LogP contribution in [0.15, 0.2) is 72.8 Å². The molecule has 0 aromatic heterocycles. The van der Waals surface area contributed by atoms with E-state index >= 15 is 0 Å². The maximum atomic E-state index is 12.4. The molecule has 0 aliphatic rings. The van der Waals surface area contributed by atoms with E-state index < -0.39 is 6.10 Å². The molecular weight excluding hydrogens is 364 g/mol. The molecule has 0 spiro atoms. The number of ether oxygens (including phenoxy) is 1. The van der Waals surface area contributed by atoms with Gasteiger partial charge in [0.05, 0.1) is 0 Å². The fourth-order valence-corrected chi connectivity index (χ4v) is 2.80. The van der Waals surface area contributed by atoms with Crippen molar-refractivity contribution in [1.29, 1.82) is 0 Å². The molecule has 0 bridgehead atoms. The third-order valence-corrected chi connectivity index (χ3v) is 4.46. The van der Waals surface area contributed by atoms with Gasteiger partial charge >= 0.3 is 0 Å². The van der Waals surface area contributed by atoms with Gasteiger partial charge in [-0.1, -0.05) is 35.9 Å². The van der Waals surface area contributed by atoms with Crippen molar-refractivity contribution in [3.05, 3.63) is 89.5 Å². The van der Waals surface area contributed by atoms with E-state index in [1.165, 1.54) is 0 Å². The van der Waals surface area contributed by atoms with Gasteiger partial charge in [0.2, 0.25) is 0 Å². The second-order valence-corrected chi connectivity index (χ2v) is 6.92. The molecule has 0 fully saturated rings. The molecule has 0 radical (unpaired) electrons. The van der Waals surface area contributed by atoms with E-state index in [2.05, 4.69) is 10.6 Å². The molecule has 29 heavy (non-hydrogen) atoms. The van der Waals surface area contributed by atoms with Gasteiger partial charge in [-0.25, -0.2) is 0 Å². The highest BCUT2D eigenvalue weighted by atomic mass is 16.5. The number of rotatable bonds is 6. The Hall–Kier alpha value is -3.60. The van der Waals surface area contributed by atoms with Gasteiger partial charge in [0.1, 0.15) is 5.75 Å². The monoisotopic (exact) mass is 388 g/mol. The van der Waals surface area contributed by atoms with Crippen molar-refractivity contribution in [3.63, 3.8) is 0 Å². The standard InChI is InChI=1S/C24H24N2O3/c1-16-7-6-9-19(15-16)24(28)26-21-13-11-20(12-14-21)25-23(27)18(3)29-22-10-5-4-8-17(22)2/h4-15,18H,1-3H3,(H,25,27)(H,26,28). The number of amides is 2. The summed E-state index contributed by atoms with van der Waals surface area (Å²) < 4.78 is 5.75. The van der Waals surface area contributed by atoms with Crippen molar-refractivity contribution >= 4 is 23.2 Å². The van der Waals surface area contributed by atoms with Gasteiger partial charge in [-0.05, 0) is 68.8 Å². The second-order valence-electron chi connectivity index (χ2n) is 6.92. The fraction of sp³-hybridized carbons (Fsp3) is 0.167. The number of anilines is 2. The van der Waals surface area contributed by atoms with E-state index in [-0.39, 0.29) is 11.8 Å². The average Bonchev–Trinajstić information content (AvgIpc) is 2.71. The highest BCUT2D eigenvalue weighted by Gasteiger charge is 2.16. The van der Waals surface area contributed by atoms with E-state index in [4.69, 9.17) is 4.74 Å². The third kappa shape index (κ3) is 5.45. The van der Waals surface area contributed by atoms with Crippen LogP contribution in [0.3, 0.4) is 0 Å². The van der Waals surface area contributed by atoms with Crippen LogP contribution in [-0.4, -0.2) is 17.9 Å². The van der Waals surface area contributed by atoms with Crippen LogP contribution in [0.4, 0.5) is 11.4 Å². The largest absolute Gasteiger partial charge is 0.481 e. The summed E-state index contributed by atoms with van der Waals surface area (Å²) in [6.45, 7) is 5.58. The zero-order chi connectivity index (χ0) is 20.8. The molecule has 3 rings (SSSR count). The SMILES string of the molecule is Cc1cccc(C(=O)Nc2ccc(NC(=O)C(C)Oc3ccccc3C)cc2)c1.